The highest BCUT2D eigenvalue weighted by Gasteiger charge is 2.18. The van der Waals surface area contributed by atoms with Gasteiger partial charge in [0.2, 0.25) is 0 Å². The molecular formula is C14H17F2N3. The molecule has 102 valence electrons. The zero-order valence-electron chi connectivity index (χ0n) is 11.0. The molecule has 5 heteroatoms. The number of aromatic nitrogens is 2. The molecular weight excluding hydrogens is 248 g/mol. The van der Waals surface area contributed by atoms with Gasteiger partial charge in [0.05, 0.1) is 5.69 Å². The zero-order chi connectivity index (χ0) is 14.0. The first-order chi connectivity index (χ1) is 8.99. The van der Waals surface area contributed by atoms with E-state index >= 15 is 0 Å². The van der Waals surface area contributed by atoms with Crippen LogP contribution in [0.25, 0.3) is 0 Å². The second-order valence-corrected chi connectivity index (χ2v) is 4.83. The van der Waals surface area contributed by atoms with E-state index in [9.17, 15) is 8.78 Å². The fourth-order valence-electron chi connectivity index (χ4n) is 1.97. The van der Waals surface area contributed by atoms with Gasteiger partial charge >= 0.3 is 0 Å². The van der Waals surface area contributed by atoms with Crippen molar-refractivity contribution >= 4 is 0 Å². The van der Waals surface area contributed by atoms with Crippen molar-refractivity contribution in [2.75, 3.05) is 0 Å². The number of halogens is 2. The number of hydrogen-bond acceptors (Lipinski definition) is 2. The molecule has 1 aromatic heterocycles. The molecule has 0 aliphatic heterocycles. The molecule has 2 aromatic rings. The Kier molecular flexibility index (Phi) is 3.95. The van der Waals surface area contributed by atoms with E-state index in [1.54, 1.807) is 4.68 Å². The summed E-state index contributed by atoms with van der Waals surface area (Å²) in [5.41, 5.74) is 6.53. The van der Waals surface area contributed by atoms with Gasteiger partial charge in [0.25, 0.3) is 0 Å². The molecule has 0 saturated heterocycles. The van der Waals surface area contributed by atoms with E-state index in [-0.39, 0.29) is 11.6 Å². The van der Waals surface area contributed by atoms with Crippen LogP contribution in [0.4, 0.5) is 8.78 Å². The highest BCUT2D eigenvalue weighted by atomic mass is 19.1. The Morgan fingerprint density at radius 2 is 1.84 bits per heavy atom. The number of rotatable bonds is 4. The molecule has 0 spiro atoms. The van der Waals surface area contributed by atoms with Crippen molar-refractivity contribution in [1.82, 2.24) is 9.78 Å². The van der Waals surface area contributed by atoms with Crippen LogP contribution in [0, 0.1) is 11.6 Å². The van der Waals surface area contributed by atoms with Gasteiger partial charge in [-0.1, -0.05) is 6.07 Å². The lowest BCUT2D eigenvalue weighted by Gasteiger charge is -2.12. The van der Waals surface area contributed by atoms with E-state index in [0.29, 0.717) is 6.42 Å². The molecule has 2 N–H and O–H groups in total. The SMILES string of the molecule is CC(C)n1ccc(CC(N)c2c(F)cccc2F)n1. The fourth-order valence-corrected chi connectivity index (χ4v) is 1.97. The third kappa shape index (κ3) is 2.98. The van der Waals surface area contributed by atoms with Gasteiger partial charge in [0.15, 0.2) is 0 Å². The van der Waals surface area contributed by atoms with Gasteiger partial charge < -0.3 is 5.73 Å². The van der Waals surface area contributed by atoms with Gasteiger partial charge in [-0.25, -0.2) is 8.78 Å². The van der Waals surface area contributed by atoms with Crippen molar-refractivity contribution in [2.24, 2.45) is 5.73 Å². The van der Waals surface area contributed by atoms with Gasteiger partial charge in [-0.05, 0) is 32.0 Å². The largest absolute Gasteiger partial charge is 0.323 e. The number of benzene rings is 1. The third-order valence-corrected chi connectivity index (χ3v) is 2.99. The van der Waals surface area contributed by atoms with Crippen LogP contribution >= 0.6 is 0 Å². The van der Waals surface area contributed by atoms with Crippen LogP contribution < -0.4 is 5.73 Å². The Labute approximate surface area is 111 Å². The number of nitrogens with zero attached hydrogens (tertiary/aromatic N) is 2. The van der Waals surface area contributed by atoms with Crippen molar-refractivity contribution in [3.05, 3.63) is 53.4 Å². The van der Waals surface area contributed by atoms with Crippen LogP contribution in [-0.2, 0) is 6.42 Å². The van der Waals surface area contributed by atoms with Gasteiger partial charge in [-0.3, -0.25) is 4.68 Å². The lowest BCUT2D eigenvalue weighted by Crippen LogP contribution is -2.17. The molecule has 0 radical (unpaired) electrons. The van der Waals surface area contributed by atoms with E-state index in [4.69, 9.17) is 5.73 Å². The lowest BCUT2D eigenvalue weighted by atomic mass is 10.0. The minimum absolute atomic E-state index is 0.0819. The standard InChI is InChI=1S/C14H17F2N3/c1-9(2)19-7-6-10(18-19)8-13(17)14-11(15)4-3-5-12(14)16/h3-7,9,13H,8,17H2,1-2H3. The van der Waals surface area contributed by atoms with Crippen LogP contribution in [-0.4, -0.2) is 9.78 Å². The Balaban J connectivity index is 2.18. The molecule has 1 heterocycles. The smallest absolute Gasteiger partial charge is 0.130 e. The summed E-state index contributed by atoms with van der Waals surface area (Å²) in [5, 5.41) is 4.33. The highest BCUT2D eigenvalue weighted by Crippen LogP contribution is 2.21. The quantitative estimate of drug-likeness (QED) is 0.923. The summed E-state index contributed by atoms with van der Waals surface area (Å²) in [4.78, 5) is 0. The Morgan fingerprint density at radius 3 is 2.37 bits per heavy atom. The van der Waals surface area contributed by atoms with Crippen LogP contribution in [0.2, 0.25) is 0 Å². The monoisotopic (exact) mass is 265 g/mol. The van der Waals surface area contributed by atoms with Crippen molar-refractivity contribution in [3.63, 3.8) is 0 Å². The summed E-state index contributed by atoms with van der Waals surface area (Å²) in [7, 11) is 0. The summed E-state index contributed by atoms with van der Waals surface area (Å²) in [6.45, 7) is 4.01. The molecule has 0 saturated carbocycles. The summed E-state index contributed by atoms with van der Waals surface area (Å²) < 4.78 is 29.0. The van der Waals surface area contributed by atoms with Crippen molar-refractivity contribution in [3.8, 4) is 0 Å². The number of nitrogens with two attached hydrogens (primary N) is 1. The predicted octanol–water partition coefficient (Wildman–Crippen LogP) is 2.98. The molecule has 1 atom stereocenters. The summed E-state index contributed by atoms with van der Waals surface area (Å²) in [6.07, 6.45) is 2.14. The first kappa shape index (κ1) is 13.7. The summed E-state index contributed by atoms with van der Waals surface area (Å²) in [5.74, 6) is -1.23. The van der Waals surface area contributed by atoms with E-state index < -0.39 is 17.7 Å². The number of hydrogen-bond donors (Lipinski definition) is 1. The fraction of sp³-hybridized carbons (Fsp3) is 0.357. The first-order valence-corrected chi connectivity index (χ1v) is 6.22. The maximum absolute atomic E-state index is 13.6. The highest BCUT2D eigenvalue weighted by molar-refractivity contribution is 5.24. The normalized spacial score (nSPS) is 12.9. The van der Waals surface area contributed by atoms with E-state index in [0.717, 1.165) is 5.69 Å². The van der Waals surface area contributed by atoms with E-state index in [2.05, 4.69) is 5.10 Å². The van der Waals surface area contributed by atoms with Crippen molar-refractivity contribution < 1.29 is 8.78 Å². The van der Waals surface area contributed by atoms with Crippen molar-refractivity contribution in [1.29, 1.82) is 0 Å². The molecule has 0 amide bonds. The average Bonchev–Trinajstić information content (AvgIpc) is 2.77. The Morgan fingerprint density at radius 1 is 1.21 bits per heavy atom. The van der Waals surface area contributed by atoms with Gasteiger partial charge in [0, 0.05) is 30.3 Å². The van der Waals surface area contributed by atoms with E-state index in [1.165, 1.54) is 18.2 Å². The third-order valence-electron chi connectivity index (χ3n) is 2.99. The van der Waals surface area contributed by atoms with Crippen LogP contribution in [0.15, 0.2) is 30.5 Å². The molecule has 0 aliphatic carbocycles. The maximum Gasteiger partial charge on any atom is 0.130 e. The second kappa shape index (κ2) is 5.48. The van der Waals surface area contributed by atoms with Crippen LogP contribution in [0.5, 0.6) is 0 Å². The maximum atomic E-state index is 13.6. The zero-order valence-corrected chi connectivity index (χ0v) is 11.0. The van der Waals surface area contributed by atoms with Crippen LogP contribution in [0.1, 0.15) is 37.2 Å². The second-order valence-electron chi connectivity index (χ2n) is 4.83. The Bertz CT molecular complexity index is 543. The van der Waals surface area contributed by atoms with E-state index in [1.807, 2.05) is 26.1 Å². The molecule has 0 aliphatic rings. The van der Waals surface area contributed by atoms with Gasteiger partial charge in [-0.15, -0.1) is 0 Å². The van der Waals surface area contributed by atoms with Gasteiger partial charge in [-0.2, -0.15) is 5.10 Å². The lowest BCUT2D eigenvalue weighted by molar-refractivity contribution is 0.507. The summed E-state index contributed by atoms with van der Waals surface area (Å²) in [6, 6.07) is 5.08. The minimum atomic E-state index is -0.739. The molecule has 3 nitrogen and oxygen atoms in total. The molecule has 2 rings (SSSR count). The molecule has 1 aromatic carbocycles. The molecule has 1 unspecified atom stereocenters. The topological polar surface area (TPSA) is 43.8 Å². The van der Waals surface area contributed by atoms with Gasteiger partial charge in [0.1, 0.15) is 11.6 Å². The first-order valence-electron chi connectivity index (χ1n) is 6.22. The van der Waals surface area contributed by atoms with Crippen LogP contribution in [0.3, 0.4) is 0 Å². The minimum Gasteiger partial charge on any atom is -0.323 e. The Hall–Kier alpha value is -1.75. The molecule has 0 bridgehead atoms. The van der Waals surface area contributed by atoms with Crippen molar-refractivity contribution in [2.45, 2.75) is 32.4 Å². The summed E-state index contributed by atoms with van der Waals surface area (Å²) >= 11 is 0. The molecule has 0 fully saturated rings. The average molecular weight is 265 g/mol. The molecule has 19 heavy (non-hydrogen) atoms. The predicted molar refractivity (Wildman–Crippen MR) is 69.6 cm³/mol.